The highest BCUT2D eigenvalue weighted by atomic mass is 35.5. The Morgan fingerprint density at radius 1 is 1.27 bits per heavy atom. The fourth-order valence-corrected chi connectivity index (χ4v) is 2.21. The Hall–Kier alpha value is -2.07. The maximum absolute atomic E-state index is 13.7. The van der Waals surface area contributed by atoms with Gasteiger partial charge in [0, 0.05) is 25.2 Å². The second kappa shape index (κ2) is 6.79. The topological polar surface area (TPSA) is 36.3 Å². The summed E-state index contributed by atoms with van der Waals surface area (Å²) in [5, 5.41) is 8.54. The second-order valence-corrected chi connectivity index (χ2v) is 5.40. The van der Waals surface area contributed by atoms with E-state index in [0.717, 1.165) is 5.56 Å². The van der Waals surface area contributed by atoms with Crippen LogP contribution in [-0.4, -0.2) is 24.3 Å². The zero-order valence-corrected chi connectivity index (χ0v) is 13.5. The Morgan fingerprint density at radius 3 is 2.59 bits per heavy atom. The monoisotopic (exact) mass is 320 g/mol. The van der Waals surface area contributed by atoms with Crippen LogP contribution in [-0.2, 0) is 0 Å². The molecule has 0 saturated carbocycles. The van der Waals surface area contributed by atoms with Crippen LogP contribution in [0.25, 0.3) is 0 Å². The first-order chi connectivity index (χ1) is 10.4. The van der Waals surface area contributed by atoms with Gasteiger partial charge in [0.15, 0.2) is 11.6 Å². The third kappa shape index (κ3) is 3.39. The molecule has 0 radical (unpaired) electrons. The normalized spacial score (nSPS) is 10.4. The molecule has 0 saturated heterocycles. The van der Waals surface area contributed by atoms with Crippen LogP contribution < -0.4 is 4.74 Å². The average molecular weight is 321 g/mol. The Kier molecular flexibility index (Phi) is 5.03. The second-order valence-electron chi connectivity index (χ2n) is 4.99. The smallest absolute Gasteiger partial charge is 0.165 e. The molecule has 0 aliphatic heterocycles. The summed E-state index contributed by atoms with van der Waals surface area (Å²) < 4.78 is 19.3. The minimum absolute atomic E-state index is 0.148. The molecule has 0 fully saturated rings. The predicted octanol–water partition coefficient (Wildman–Crippen LogP) is 4.86. The van der Waals surface area contributed by atoms with Crippen molar-refractivity contribution < 1.29 is 9.13 Å². The van der Waals surface area contributed by atoms with Gasteiger partial charge in [-0.15, -0.1) is 0 Å². The Balaban J connectivity index is 2.35. The van der Waals surface area contributed by atoms with E-state index in [0.29, 0.717) is 28.7 Å². The highest BCUT2D eigenvalue weighted by molar-refractivity contribution is 6.34. The fourth-order valence-electron chi connectivity index (χ4n) is 1.96. The van der Waals surface area contributed by atoms with E-state index in [-0.39, 0.29) is 5.75 Å². The number of hydrogen-bond donors (Lipinski definition) is 1. The molecule has 2 aromatic rings. The number of rotatable bonds is 4. The molecule has 116 valence electrons. The van der Waals surface area contributed by atoms with Crippen molar-refractivity contribution in [3.8, 4) is 11.5 Å². The van der Waals surface area contributed by atoms with E-state index in [1.54, 1.807) is 35.2 Å². The summed E-state index contributed by atoms with van der Waals surface area (Å²) in [4.78, 5) is 1.79. The number of hydrogen-bond acceptors (Lipinski definition) is 2. The van der Waals surface area contributed by atoms with E-state index in [2.05, 4.69) is 0 Å². The minimum Gasteiger partial charge on any atom is -0.454 e. The van der Waals surface area contributed by atoms with Crippen molar-refractivity contribution in [1.29, 1.82) is 5.41 Å². The van der Waals surface area contributed by atoms with Gasteiger partial charge in [0.1, 0.15) is 11.6 Å². The molecule has 0 aliphatic carbocycles. The van der Waals surface area contributed by atoms with Crippen LogP contribution in [0.2, 0.25) is 5.02 Å². The van der Waals surface area contributed by atoms with E-state index in [4.69, 9.17) is 21.7 Å². The molecule has 0 aromatic heterocycles. The molecular weight excluding hydrogens is 303 g/mol. The van der Waals surface area contributed by atoms with E-state index in [1.807, 2.05) is 20.9 Å². The molecule has 0 heterocycles. The highest BCUT2D eigenvalue weighted by Gasteiger charge is 2.14. The van der Waals surface area contributed by atoms with Gasteiger partial charge in [0.25, 0.3) is 0 Å². The molecule has 3 nitrogen and oxygen atoms in total. The van der Waals surface area contributed by atoms with Gasteiger partial charge in [0.2, 0.25) is 0 Å². The van der Waals surface area contributed by atoms with Gasteiger partial charge in [0.05, 0.1) is 5.02 Å². The number of ether oxygens (including phenoxy) is 1. The lowest BCUT2D eigenvalue weighted by atomic mass is 10.1. The largest absolute Gasteiger partial charge is 0.454 e. The van der Waals surface area contributed by atoms with Crippen LogP contribution in [0, 0.1) is 18.2 Å². The molecule has 0 bridgehead atoms. The first-order valence-corrected chi connectivity index (χ1v) is 7.34. The van der Waals surface area contributed by atoms with Crippen LogP contribution in [0.5, 0.6) is 11.5 Å². The molecule has 2 rings (SSSR count). The first-order valence-electron chi connectivity index (χ1n) is 6.96. The summed E-state index contributed by atoms with van der Waals surface area (Å²) in [5.41, 5.74) is 1.42. The van der Waals surface area contributed by atoms with E-state index >= 15 is 0 Å². The zero-order chi connectivity index (χ0) is 16.3. The molecule has 2 aromatic carbocycles. The number of nitrogens with zero attached hydrogens (tertiary/aromatic N) is 1. The van der Waals surface area contributed by atoms with Gasteiger partial charge < -0.3 is 9.64 Å². The summed E-state index contributed by atoms with van der Waals surface area (Å²) >= 11 is 6.26. The van der Waals surface area contributed by atoms with Crippen molar-refractivity contribution in [2.24, 2.45) is 0 Å². The lowest BCUT2D eigenvalue weighted by Crippen LogP contribution is -2.26. The van der Waals surface area contributed by atoms with Crippen molar-refractivity contribution in [3.05, 3.63) is 58.4 Å². The molecule has 1 N–H and O–H groups in total. The molecular formula is C17H18ClFN2O. The summed E-state index contributed by atoms with van der Waals surface area (Å²) in [6, 6.07) is 9.61. The minimum atomic E-state index is -0.430. The van der Waals surface area contributed by atoms with Crippen molar-refractivity contribution in [1.82, 2.24) is 4.90 Å². The highest BCUT2D eigenvalue weighted by Crippen LogP contribution is 2.32. The van der Waals surface area contributed by atoms with Gasteiger partial charge >= 0.3 is 0 Å². The number of para-hydroxylation sites is 1. The van der Waals surface area contributed by atoms with Crippen molar-refractivity contribution in [2.45, 2.75) is 13.8 Å². The van der Waals surface area contributed by atoms with Gasteiger partial charge in [-0.2, -0.15) is 0 Å². The van der Waals surface area contributed by atoms with Gasteiger partial charge in [-0.25, -0.2) is 4.39 Å². The lowest BCUT2D eigenvalue weighted by Gasteiger charge is -2.20. The third-order valence-corrected chi connectivity index (χ3v) is 3.75. The predicted molar refractivity (Wildman–Crippen MR) is 87.8 cm³/mol. The van der Waals surface area contributed by atoms with Crippen LogP contribution in [0.4, 0.5) is 4.39 Å². The molecule has 0 spiro atoms. The van der Waals surface area contributed by atoms with E-state index < -0.39 is 5.82 Å². The molecule has 0 unspecified atom stereocenters. The van der Waals surface area contributed by atoms with Gasteiger partial charge in [-0.05, 0) is 37.6 Å². The molecule has 0 atom stereocenters. The van der Waals surface area contributed by atoms with Crippen molar-refractivity contribution in [3.63, 3.8) is 0 Å². The van der Waals surface area contributed by atoms with Gasteiger partial charge in [-0.3, -0.25) is 5.41 Å². The standard InChI is InChI=1S/C17H18ClFN2O/c1-4-21(3)17(20)12-9-11(2)16(10-13(12)18)22-15-8-6-5-7-14(15)19/h5-10,20H,4H2,1-3H3. The first kappa shape index (κ1) is 16.3. The molecule has 0 aliphatic rings. The maximum atomic E-state index is 13.7. The zero-order valence-electron chi connectivity index (χ0n) is 12.8. The fraction of sp³-hybridized carbons (Fsp3) is 0.235. The van der Waals surface area contributed by atoms with Crippen molar-refractivity contribution >= 4 is 17.4 Å². The number of benzene rings is 2. The van der Waals surface area contributed by atoms with E-state index in [1.165, 1.54) is 6.07 Å². The van der Waals surface area contributed by atoms with E-state index in [9.17, 15) is 4.39 Å². The number of halogens is 2. The maximum Gasteiger partial charge on any atom is 0.165 e. The Morgan fingerprint density at radius 2 is 1.95 bits per heavy atom. The molecule has 0 amide bonds. The molecule has 5 heteroatoms. The molecule has 22 heavy (non-hydrogen) atoms. The summed E-state index contributed by atoms with van der Waals surface area (Å²) in [6.45, 7) is 4.52. The Bertz CT molecular complexity index is 703. The summed E-state index contributed by atoms with van der Waals surface area (Å²) in [7, 11) is 1.83. The van der Waals surface area contributed by atoms with Crippen LogP contribution >= 0.6 is 11.6 Å². The number of nitrogens with one attached hydrogen (secondary N) is 1. The summed E-state index contributed by atoms with van der Waals surface area (Å²) in [5.74, 6) is 0.537. The third-order valence-electron chi connectivity index (χ3n) is 3.43. The SMILES string of the molecule is CCN(C)C(=N)c1cc(C)c(Oc2ccccc2F)cc1Cl. The Labute approximate surface area is 134 Å². The lowest BCUT2D eigenvalue weighted by molar-refractivity contribution is 0.439. The van der Waals surface area contributed by atoms with Crippen LogP contribution in [0.3, 0.4) is 0 Å². The number of aryl methyl sites for hydroxylation is 1. The van der Waals surface area contributed by atoms with Crippen molar-refractivity contribution in [2.75, 3.05) is 13.6 Å². The van der Waals surface area contributed by atoms with Gasteiger partial charge in [-0.1, -0.05) is 23.7 Å². The average Bonchev–Trinajstić information content (AvgIpc) is 2.51. The number of amidine groups is 1. The summed E-state index contributed by atoms with van der Waals surface area (Å²) in [6.07, 6.45) is 0. The quantitative estimate of drug-likeness (QED) is 0.645. The van der Waals surface area contributed by atoms with Crippen LogP contribution in [0.1, 0.15) is 18.1 Å². The van der Waals surface area contributed by atoms with Crippen LogP contribution in [0.15, 0.2) is 36.4 Å².